The highest BCUT2D eigenvalue weighted by molar-refractivity contribution is 5.89. The number of rotatable bonds is 6. The highest BCUT2D eigenvalue weighted by Crippen LogP contribution is 2.13. The molecule has 1 aromatic carbocycles. The Bertz CT molecular complexity index is 490. The first-order valence-electron chi connectivity index (χ1n) is 6.62. The molecular formula is C15H21NO5. The minimum Gasteiger partial charge on any atom is -0.480 e. The average Bonchev–Trinajstić information content (AvgIpc) is 2.37. The minimum absolute atomic E-state index is 0.284. The van der Waals surface area contributed by atoms with Crippen LogP contribution in [0.1, 0.15) is 36.7 Å². The van der Waals surface area contributed by atoms with Crippen LogP contribution in [-0.2, 0) is 16.1 Å². The summed E-state index contributed by atoms with van der Waals surface area (Å²) in [4.78, 5) is 22.6. The van der Waals surface area contributed by atoms with E-state index in [0.29, 0.717) is 5.56 Å². The van der Waals surface area contributed by atoms with Crippen LogP contribution in [0.3, 0.4) is 0 Å². The fourth-order valence-corrected chi connectivity index (χ4v) is 1.57. The first-order valence-corrected chi connectivity index (χ1v) is 6.62. The number of aliphatic carboxylic acids is 1. The highest BCUT2D eigenvalue weighted by atomic mass is 16.6. The largest absolute Gasteiger partial charge is 0.480 e. The Morgan fingerprint density at radius 3 is 2.24 bits per heavy atom. The standard InChI is InChI=1S/C15H21NO5/c1-15(2,3)21-14(20)11-6-4-10(5-7-11)8-16-12(9-17)13(18)19/h4-7,12,16-17H,8-9H2,1-3H3,(H,18,19)/t12-/m1/s1. The molecular weight excluding hydrogens is 274 g/mol. The zero-order chi connectivity index (χ0) is 16.0. The number of benzene rings is 1. The van der Waals surface area contributed by atoms with Gasteiger partial charge in [0.25, 0.3) is 0 Å². The third-order valence-corrected chi connectivity index (χ3v) is 2.62. The normalized spacial score (nSPS) is 12.8. The Morgan fingerprint density at radius 1 is 1.24 bits per heavy atom. The van der Waals surface area contributed by atoms with Crippen molar-refractivity contribution in [3.05, 3.63) is 35.4 Å². The molecule has 0 heterocycles. The number of esters is 1. The van der Waals surface area contributed by atoms with Crippen molar-refractivity contribution in [1.82, 2.24) is 5.32 Å². The summed E-state index contributed by atoms with van der Waals surface area (Å²) in [6.45, 7) is 5.19. The zero-order valence-electron chi connectivity index (χ0n) is 12.4. The van der Waals surface area contributed by atoms with E-state index in [4.69, 9.17) is 14.9 Å². The number of aliphatic hydroxyl groups is 1. The molecule has 21 heavy (non-hydrogen) atoms. The van der Waals surface area contributed by atoms with Crippen LogP contribution in [0.25, 0.3) is 0 Å². The lowest BCUT2D eigenvalue weighted by Gasteiger charge is -2.19. The Balaban J connectivity index is 2.62. The van der Waals surface area contributed by atoms with Crippen LogP contribution in [0, 0.1) is 0 Å². The lowest BCUT2D eigenvalue weighted by Crippen LogP contribution is -2.39. The molecule has 6 nitrogen and oxygen atoms in total. The summed E-state index contributed by atoms with van der Waals surface area (Å²) in [6.07, 6.45) is 0. The van der Waals surface area contributed by atoms with Crippen molar-refractivity contribution in [2.24, 2.45) is 0 Å². The van der Waals surface area contributed by atoms with E-state index >= 15 is 0 Å². The molecule has 0 fully saturated rings. The number of nitrogens with one attached hydrogen (secondary N) is 1. The number of carbonyl (C=O) groups is 2. The molecule has 1 rings (SSSR count). The first kappa shape index (κ1) is 17.1. The summed E-state index contributed by atoms with van der Waals surface area (Å²) in [5, 5.41) is 20.4. The number of aliphatic hydroxyl groups excluding tert-OH is 1. The van der Waals surface area contributed by atoms with Crippen molar-refractivity contribution < 1.29 is 24.5 Å². The van der Waals surface area contributed by atoms with E-state index in [1.165, 1.54) is 0 Å². The summed E-state index contributed by atoms with van der Waals surface area (Å²) in [5.74, 6) is -1.51. The molecule has 0 bridgehead atoms. The predicted octanol–water partition coefficient (Wildman–Crippen LogP) is 1.18. The van der Waals surface area contributed by atoms with Gasteiger partial charge in [-0.3, -0.25) is 10.1 Å². The van der Waals surface area contributed by atoms with Gasteiger partial charge in [-0.15, -0.1) is 0 Å². The summed E-state index contributed by atoms with van der Waals surface area (Å²) >= 11 is 0. The molecule has 116 valence electrons. The second-order valence-corrected chi connectivity index (χ2v) is 5.65. The second-order valence-electron chi connectivity index (χ2n) is 5.65. The summed E-state index contributed by atoms with van der Waals surface area (Å²) < 4.78 is 5.25. The molecule has 0 aliphatic heterocycles. The summed E-state index contributed by atoms with van der Waals surface area (Å²) in [6, 6.07) is 5.67. The van der Waals surface area contributed by atoms with Crippen molar-refractivity contribution >= 4 is 11.9 Å². The molecule has 0 amide bonds. The van der Waals surface area contributed by atoms with Gasteiger partial charge in [-0.1, -0.05) is 12.1 Å². The molecule has 1 atom stereocenters. The van der Waals surface area contributed by atoms with Crippen LogP contribution >= 0.6 is 0 Å². The van der Waals surface area contributed by atoms with Gasteiger partial charge < -0.3 is 14.9 Å². The van der Waals surface area contributed by atoms with Gasteiger partial charge >= 0.3 is 11.9 Å². The van der Waals surface area contributed by atoms with Gasteiger partial charge in [-0.05, 0) is 38.5 Å². The van der Waals surface area contributed by atoms with E-state index in [9.17, 15) is 9.59 Å². The highest BCUT2D eigenvalue weighted by Gasteiger charge is 2.18. The SMILES string of the molecule is CC(C)(C)OC(=O)c1ccc(CN[C@H](CO)C(=O)O)cc1. The van der Waals surface area contributed by atoms with Crippen molar-refractivity contribution in [2.45, 2.75) is 39.0 Å². The Labute approximate surface area is 123 Å². The van der Waals surface area contributed by atoms with E-state index in [0.717, 1.165) is 5.56 Å². The molecule has 0 unspecified atom stereocenters. The summed E-state index contributed by atoms with van der Waals surface area (Å²) in [7, 11) is 0. The minimum atomic E-state index is -1.11. The summed E-state index contributed by atoms with van der Waals surface area (Å²) in [5.41, 5.74) is 0.695. The number of carboxylic acids is 1. The van der Waals surface area contributed by atoms with Crippen molar-refractivity contribution in [2.75, 3.05) is 6.61 Å². The lowest BCUT2D eigenvalue weighted by atomic mass is 10.1. The van der Waals surface area contributed by atoms with Gasteiger partial charge in [0.1, 0.15) is 11.6 Å². The first-order chi connectivity index (χ1) is 9.73. The average molecular weight is 295 g/mol. The molecule has 0 spiro atoms. The molecule has 1 aromatic rings. The zero-order valence-corrected chi connectivity index (χ0v) is 12.4. The van der Waals surface area contributed by atoms with E-state index < -0.39 is 30.2 Å². The smallest absolute Gasteiger partial charge is 0.338 e. The maximum Gasteiger partial charge on any atom is 0.338 e. The van der Waals surface area contributed by atoms with Gasteiger partial charge in [0.2, 0.25) is 0 Å². The quantitative estimate of drug-likeness (QED) is 0.682. The second kappa shape index (κ2) is 7.19. The molecule has 6 heteroatoms. The molecule has 0 saturated heterocycles. The number of hydrogen-bond donors (Lipinski definition) is 3. The maximum atomic E-state index is 11.8. The van der Waals surface area contributed by atoms with Gasteiger partial charge in [0, 0.05) is 6.54 Å². The van der Waals surface area contributed by atoms with Crippen molar-refractivity contribution in [3.63, 3.8) is 0 Å². The van der Waals surface area contributed by atoms with Crippen LogP contribution in [0.2, 0.25) is 0 Å². The van der Waals surface area contributed by atoms with Gasteiger partial charge in [0.05, 0.1) is 12.2 Å². The molecule has 0 aromatic heterocycles. The van der Waals surface area contributed by atoms with Crippen LogP contribution < -0.4 is 5.32 Å². The monoisotopic (exact) mass is 295 g/mol. The third kappa shape index (κ3) is 5.93. The van der Waals surface area contributed by atoms with Gasteiger partial charge in [0.15, 0.2) is 0 Å². The van der Waals surface area contributed by atoms with Crippen molar-refractivity contribution in [3.8, 4) is 0 Å². The Kier molecular flexibility index (Phi) is 5.87. The predicted molar refractivity (Wildman–Crippen MR) is 77.0 cm³/mol. The van der Waals surface area contributed by atoms with Crippen molar-refractivity contribution in [1.29, 1.82) is 0 Å². The van der Waals surface area contributed by atoms with Crippen LogP contribution in [0.5, 0.6) is 0 Å². The molecule has 0 radical (unpaired) electrons. The number of hydrogen-bond acceptors (Lipinski definition) is 5. The third-order valence-electron chi connectivity index (χ3n) is 2.62. The van der Waals surface area contributed by atoms with E-state index in [1.807, 2.05) is 0 Å². The Hall–Kier alpha value is -1.92. The molecule has 0 aliphatic carbocycles. The molecule has 0 saturated carbocycles. The Morgan fingerprint density at radius 2 is 1.81 bits per heavy atom. The van der Waals surface area contributed by atoms with Crippen LogP contribution in [-0.4, -0.2) is 40.4 Å². The van der Waals surface area contributed by atoms with Crippen LogP contribution in [0.15, 0.2) is 24.3 Å². The number of carboxylic acid groups (broad SMARTS) is 1. The molecule has 0 aliphatic rings. The van der Waals surface area contributed by atoms with Gasteiger partial charge in [-0.25, -0.2) is 4.79 Å². The van der Waals surface area contributed by atoms with Crippen LogP contribution in [0.4, 0.5) is 0 Å². The molecule has 3 N–H and O–H groups in total. The number of carbonyl (C=O) groups excluding carboxylic acids is 1. The van der Waals surface area contributed by atoms with E-state index in [-0.39, 0.29) is 6.54 Å². The topological polar surface area (TPSA) is 95.9 Å². The van der Waals surface area contributed by atoms with E-state index in [2.05, 4.69) is 5.32 Å². The maximum absolute atomic E-state index is 11.8. The number of ether oxygens (including phenoxy) is 1. The lowest BCUT2D eigenvalue weighted by molar-refractivity contribution is -0.140. The fourth-order valence-electron chi connectivity index (χ4n) is 1.57. The van der Waals surface area contributed by atoms with Gasteiger partial charge in [-0.2, -0.15) is 0 Å². The fraction of sp³-hybridized carbons (Fsp3) is 0.467. The van der Waals surface area contributed by atoms with E-state index in [1.54, 1.807) is 45.0 Å².